The van der Waals surface area contributed by atoms with Gasteiger partial charge in [-0.2, -0.15) is 10.1 Å². The number of aromatic nitrogens is 4. The molecule has 3 aromatic rings. The summed E-state index contributed by atoms with van der Waals surface area (Å²) in [5, 5.41) is 10.6. The molecule has 0 bridgehead atoms. The number of halogens is 3. The third-order valence-electron chi connectivity index (χ3n) is 2.40. The number of hydrogen-bond donors (Lipinski definition) is 1. The highest BCUT2D eigenvalue weighted by atomic mass is 79.9. The molecule has 96 valence electrons. The highest BCUT2D eigenvalue weighted by Gasteiger charge is 2.18. The Morgan fingerprint density at radius 1 is 1.16 bits per heavy atom. The van der Waals surface area contributed by atoms with Gasteiger partial charge in [0.05, 0.1) is 4.47 Å². The Morgan fingerprint density at radius 3 is 2.53 bits per heavy atom. The molecule has 1 N–H and O–H groups in total. The largest absolute Gasteiger partial charge is 0.332 e. The van der Waals surface area contributed by atoms with E-state index in [2.05, 4.69) is 52.2 Å². The van der Waals surface area contributed by atoms with Gasteiger partial charge in [-0.25, -0.2) is 4.39 Å². The Balaban J connectivity index is 2.00. The van der Waals surface area contributed by atoms with E-state index < -0.39 is 0 Å². The van der Waals surface area contributed by atoms with E-state index in [0.29, 0.717) is 26.2 Å². The molecular formula is C11H5Br2FN4O. The molecular weight excluding hydrogens is 383 g/mol. The summed E-state index contributed by atoms with van der Waals surface area (Å²) in [6, 6.07) is 5.85. The summed E-state index contributed by atoms with van der Waals surface area (Å²) < 4.78 is 19.4. The number of rotatable bonds is 2. The quantitative estimate of drug-likeness (QED) is 0.726. The Kier molecular flexibility index (Phi) is 3.19. The van der Waals surface area contributed by atoms with Gasteiger partial charge in [-0.1, -0.05) is 5.16 Å². The molecule has 0 radical (unpaired) electrons. The lowest BCUT2D eigenvalue weighted by Crippen LogP contribution is -1.82. The van der Waals surface area contributed by atoms with E-state index in [-0.39, 0.29) is 11.7 Å². The molecule has 2 aromatic heterocycles. The zero-order chi connectivity index (χ0) is 13.4. The molecule has 0 aliphatic rings. The molecule has 5 nitrogen and oxygen atoms in total. The average molecular weight is 388 g/mol. The topological polar surface area (TPSA) is 67.6 Å². The van der Waals surface area contributed by atoms with Crippen molar-refractivity contribution in [2.75, 3.05) is 0 Å². The van der Waals surface area contributed by atoms with Gasteiger partial charge in [0.1, 0.15) is 10.4 Å². The lowest BCUT2D eigenvalue weighted by molar-refractivity contribution is 0.430. The van der Waals surface area contributed by atoms with Crippen molar-refractivity contribution in [3.8, 4) is 23.0 Å². The molecule has 8 heteroatoms. The number of hydrogen-bond acceptors (Lipinski definition) is 4. The molecule has 0 spiro atoms. The standard InChI is InChI=1S/C11H5Br2FN4O/c12-7-8(16-17-9(7)13)11-15-10(18-19-11)5-1-3-6(14)4-2-5/h1-4H,(H,16,17). The molecule has 1 aromatic carbocycles. The molecule has 0 saturated heterocycles. The molecule has 0 amide bonds. The SMILES string of the molecule is Fc1ccc(-c2noc(-c3n[nH]c(Br)c3Br)n2)cc1. The number of nitrogens with zero attached hydrogens (tertiary/aromatic N) is 3. The van der Waals surface area contributed by atoms with Crippen LogP contribution in [0.4, 0.5) is 4.39 Å². The third kappa shape index (κ3) is 2.33. The van der Waals surface area contributed by atoms with Gasteiger partial charge in [0.2, 0.25) is 5.82 Å². The van der Waals surface area contributed by atoms with Crippen molar-refractivity contribution in [3.63, 3.8) is 0 Å². The lowest BCUT2D eigenvalue weighted by Gasteiger charge is -1.92. The van der Waals surface area contributed by atoms with Gasteiger partial charge in [-0.3, -0.25) is 5.10 Å². The van der Waals surface area contributed by atoms with Crippen molar-refractivity contribution in [2.45, 2.75) is 0 Å². The summed E-state index contributed by atoms with van der Waals surface area (Å²) in [7, 11) is 0. The molecule has 19 heavy (non-hydrogen) atoms. The second kappa shape index (κ2) is 4.86. The highest BCUT2D eigenvalue weighted by molar-refractivity contribution is 9.13. The summed E-state index contributed by atoms with van der Waals surface area (Å²) in [6.07, 6.45) is 0. The van der Waals surface area contributed by atoms with Gasteiger partial charge in [-0.15, -0.1) is 0 Å². The van der Waals surface area contributed by atoms with E-state index in [9.17, 15) is 4.39 Å². The fraction of sp³-hybridized carbons (Fsp3) is 0. The molecule has 0 aliphatic heterocycles. The van der Waals surface area contributed by atoms with Gasteiger partial charge in [-0.05, 0) is 56.1 Å². The highest BCUT2D eigenvalue weighted by Crippen LogP contribution is 2.31. The van der Waals surface area contributed by atoms with Gasteiger partial charge in [0, 0.05) is 5.56 Å². The van der Waals surface area contributed by atoms with Crippen LogP contribution in [-0.4, -0.2) is 20.3 Å². The van der Waals surface area contributed by atoms with Crippen LogP contribution in [0.1, 0.15) is 0 Å². The van der Waals surface area contributed by atoms with E-state index in [0.717, 1.165) is 0 Å². The minimum atomic E-state index is -0.313. The number of aromatic amines is 1. The van der Waals surface area contributed by atoms with E-state index in [1.165, 1.54) is 12.1 Å². The van der Waals surface area contributed by atoms with Crippen molar-refractivity contribution in [1.82, 2.24) is 20.3 Å². The molecule has 3 rings (SSSR count). The summed E-state index contributed by atoms with van der Waals surface area (Å²) >= 11 is 6.62. The van der Waals surface area contributed by atoms with Crippen LogP contribution in [0.2, 0.25) is 0 Å². The zero-order valence-electron chi connectivity index (χ0n) is 9.19. The predicted molar refractivity (Wildman–Crippen MR) is 72.7 cm³/mol. The molecule has 0 fully saturated rings. The van der Waals surface area contributed by atoms with Crippen molar-refractivity contribution in [2.24, 2.45) is 0 Å². The lowest BCUT2D eigenvalue weighted by atomic mass is 10.2. The smallest absolute Gasteiger partial charge is 0.279 e. The maximum atomic E-state index is 12.8. The van der Waals surface area contributed by atoms with Crippen LogP contribution >= 0.6 is 31.9 Å². The van der Waals surface area contributed by atoms with Crippen molar-refractivity contribution >= 4 is 31.9 Å². The van der Waals surface area contributed by atoms with Gasteiger partial charge in [0.25, 0.3) is 5.89 Å². The van der Waals surface area contributed by atoms with E-state index in [1.807, 2.05) is 0 Å². The Morgan fingerprint density at radius 2 is 1.89 bits per heavy atom. The zero-order valence-corrected chi connectivity index (χ0v) is 12.4. The molecule has 0 unspecified atom stereocenters. The predicted octanol–water partition coefficient (Wildman–Crippen LogP) is 3.79. The fourth-order valence-corrected chi connectivity index (χ4v) is 2.11. The first-order valence-electron chi connectivity index (χ1n) is 5.14. The van der Waals surface area contributed by atoms with Gasteiger partial charge in [0.15, 0.2) is 5.69 Å². The van der Waals surface area contributed by atoms with Gasteiger partial charge >= 0.3 is 0 Å². The molecule has 0 atom stereocenters. The first-order chi connectivity index (χ1) is 9.15. The third-order valence-corrected chi connectivity index (χ3v) is 4.28. The summed E-state index contributed by atoms with van der Waals surface area (Å²) in [4.78, 5) is 4.22. The molecule has 0 aliphatic carbocycles. The van der Waals surface area contributed by atoms with Gasteiger partial charge < -0.3 is 4.52 Å². The van der Waals surface area contributed by atoms with Crippen molar-refractivity contribution in [1.29, 1.82) is 0 Å². The van der Waals surface area contributed by atoms with Crippen LogP contribution in [-0.2, 0) is 0 Å². The van der Waals surface area contributed by atoms with Crippen LogP contribution < -0.4 is 0 Å². The normalized spacial score (nSPS) is 10.9. The van der Waals surface area contributed by atoms with Crippen molar-refractivity contribution in [3.05, 3.63) is 39.2 Å². The number of benzene rings is 1. The van der Waals surface area contributed by atoms with Crippen LogP contribution in [0.5, 0.6) is 0 Å². The first-order valence-corrected chi connectivity index (χ1v) is 6.73. The minimum Gasteiger partial charge on any atom is -0.332 e. The Labute approximate surface area is 123 Å². The monoisotopic (exact) mass is 386 g/mol. The molecule has 2 heterocycles. The van der Waals surface area contributed by atoms with Crippen LogP contribution in [0.3, 0.4) is 0 Å². The Bertz CT molecular complexity index is 723. The number of nitrogens with one attached hydrogen (secondary N) is 1. The first kappa shape index (κ1) is 12.5. The van der Waals surface area contributed by atoms with E-state index in [1.54, 1.807) is 12.1 Å². The average Bonchev–Trinajstić information content (AvgIpc) is 2.99. The van der Waals surface area contributed by atoms with Crippen LogP contribution in [0, 0.1) is 5.82 Å². The molecule has 0 saturated carbocycles. The number of H-pyrrole nitrogens is 1. The van der Waals surface area contributed by atoms with Crippen LogP contribution in [0.15, 0.2) is 37.9 Å². The second-order valence-electron chi connectivity index (χ2n) is 3.63. The minimum absolute atomic E-state index is 0.271. The fourth-order valence-electron chi connectivity index (χ4n) is 1.48. The summed E-state index contributed by atoms with van der Waals surface area (Å²) in [5.74, 6) is 0.334. The van der Waals surface area contributed by atoms with Crippen LogP contribution in [0.25, 0.3) is 23.0 Å². The maximum Gasteiger partial charge on any atom is 0.279 e. The van der Waals surface area contributed by atoms with Crippen molar-refractivity contribution < 1.29 is 8.91 Å². The summed E-state index contributed by atoms with van der Waals surface area (Å²) in [5.41, 5.74) is 1.18. The van der Waals surface area contributed by atoms with E-state index in [4.69, 9.17) is 4.52 Å². The Hall–Kier alpha value is -1.54. The van der Waals surface area contributed by atoms with E-state index >= 15 is 0 Å². The maximum absolute atomic E-state index is 12.8. The summed E-state index contributed by atoms with van der Waals surface area (Å²) in [6.45, 7) is 0. The second-order valence-corrected chi connectivity index (χ2v) is 5.22.